The third kappa shape index (κ3) is 5.36. The fourth-order valence-corrected chi connectivity index (χ4v) is 3.88. The number of benzene rings is 2. The van der Waals surface area contributed by atoms with Crippen LogP contribution < -0.4 is 5.32 Å². The van der Waals surface area contributed by atoms with Crippen molar-refractivity contribution < 1.29 is 9.32 Å². The van der Waals surface area contributed by atoms with Crippen molar-refractivity contribution in [2.45, 2.75) is 24.9 Å². The molecule has 8 heteroatoms. The van der Waals surface area contributed by atoms with Crippen molar-refractivity contribution in [3.05, 3.63) is 77.4 Å². The van der Waals surface area contributed by atoms with Crippen molar-refractivity contribution in [3.63, 3.8) is 0 Å². The second kappa shape index (κ2) is 9.97. The van der Waals surface area contributed by atoms with Gasteiger partial charge in [-0.1, -0.05) is 72.7 Å². The van der Waals surface area contributed by atoms with E-state index in [1.54, 1.807) is 24.4 Å². The van der Waals surface area contributed by atoms with Gasteiger partial charge in [-0.3, -0.25) is 4.79 Å². The van der Waals surface area contributed by atoms with Crippen LogP contribution in [0.2, 0.25) is 5.02 Å². The van der Waals surface area contributed by atoms with E-state index in [1.165, 1.54) is 17.3 Å². The van der Waals surface area contributed by atoms with Gasteiger partial charge in [-0.2, -0.15) is 0 Å². The van der Waals surface area contributed by atoms with Crippen molar-refractivity contribution >= 4 is 35.0 Å². The fourth-order valence-electron chi connectivity index (χ4n) is 3.02. The van der Waals surface area contributed by atoms with Gasteiger partial charge >= 0.3 is 0 Å². The van der Waals surface area contributed by atoms with Crippen molar-refractivity contribution in [2.24, 2.45) is 0 Å². The maximum Gasteiger partial charge on any atom is 0.234 e. The average Bonchev–Trinajstić information content (AvgIpc) is 3.29. The van der Waals surface area contributed by atoms with Gasteiger partial charge < -0.3 is 9.84 Å². The lowest BCUT2D eigenvalue weighted by atomic mass is 10.0. The van der Waals surface area contributed by atoms with E-state index in [2.05, 4.69) is 34.3 Å². The summed E-state index contributed by atoms with van der Waals surface area (Å²) in [7, 11) is 0. The van der Waals surface area contributed by atoms with E-state index in [9.17, 15) is 4.79 Å². The zero-order valence-corrected chi connectivity index (χ0v) is 19.2. The standard InChI is InChI=1S/C24H21ClN4O2S/c1-15(2)16-7-9-17(10-8-16)27-23(30)14-32-24-26-12-11-20(28-24)22-13-21(29-31-22)18-5-3-4-6-19(18)25/h3-13,15H,14H2,1-2H3,(H,27,30). The number of hydrogen-bond donors (Lipinski definition) is 1. The van der Waals surface area contributed by atoms with Crippen molar-refractivity contribution in [1.29, 1.82) is 0 Å². The topological polar surface area (TPSA) is 80.9 Å². The summed E-state index contributed by atoms with van der Waals surface area (Å²) >= 11 is 7.49. The van der Waals surface area contributed by atoms with Gasteiger partial charge in [-0.05, 0) is 35.7 Å². The number of anilines is 1. The van der Waals surface area contributed by atoms with Crippen LogP contribution in [0.3, 0.4) is 0 Å². The second-order valence-electron chi connectivity index (χ2n) is 7.39. The number of halogens is 1. The molecule has 0 saturated carbocycles. The van der Waals surface area contributed by atoms with Crippen LogP contribution in [0.5, 0.6) is 0 Å². The third-order valence-corrected chi connectivity index (χ3v) is 5.93. The van der Waals surface area contributed by atoms with Gasteiger partial charge in [-0.15, -0.1) is 0 Å². The van der Waals surface area contributed by atoms with Gasteiger partial charge in [0.1, 0.15) is 11.4 Å². The first kappa shape index (κ1) is 22.0. The molecule has 2 aromatic carbocycles. The summed E-state index contributed by atoms with van der Waals surface area (Å²) in [6.45, 7) is 4.27. The number of carbonyl (C=O) groups excluding carboxylic acids is 1. The normalized spacial score (nSPS) is 11.0. The summed E-state index contributed by atoms with van der Waals surface area (Å²) in [5.41, 5.74) is 3.99. The Morgan fingerprint density at radius 2 is 1.88 bits per heavy atom. The predicted octanol–water partition coefficient (Wildman–Crippen LogP) is 6.31. The molecule has 4 rings (SSSR count). The van der Waals surface area contributed by atoms with Gasteiger partial charge in [0.2, 0.25) is 5.91 Å². The number of nitrogens with zero attached hydrogens (tertiary/aromatic N) is 3. The highest BCUT2D eigenvalue weighted by Gasteiger charge is 2.13. The maximum absolute atomic E-state index is 12.3. The number of rotatable bonds is 7. The Kier molecular flexibility index (Phi) is 6.87. The molecule has 0 aliphatic rings. The summed E-state index contributed by atoms with van der Waals surface area (Å²) < 4.78 is 5.46. The zero-order valence-electron chi connectivity index (χ0n) is 17.6. The number of thioether (sulfide) groups is 1. The first-order valence-electron chi connectivity index (χ1n) is 10.1. The van der Waals surface area contributed by atoms with Crippen LogP contribution in [0.15, 0.2) is 76.5 Å². The SMILES string of the molecule is CC(C)c1ccc(NC(=O)CSc2nccc(-c3cc(-c4ccccc4Cl)no3)n2)cc1. The van der Waals surface area contributed by atoms with Crippen molar-refractivity contribution in [3.8, 4) is 22.7 Å². The molecule has 2 aromatic heterocycles. The fraction of sp³-hybridized carbons (Fsp3) is 0.167. The Hall–Kier alpha value is -3.16. The molecule has 2 heterocycles. The number of nitrogens with one attached hydrogen (secondary N) is 1. The van der Waals surface area contributed by atoms with Crippen LogP contribution in [0.1, 0.15) is 25.3 Å². The molecule has 1 N–H and O–H groups in total. The largest absolute Gasteiger partial charge is 0.354 e. The molecule has 162 valence electrons. The molecule has 0 radical (unpaired) electrons. The molecule has 1 amide bonds. The van der Waals surface area contributed by atoms with Gasteiger partial charge in [0, 0.05) is 23.5 Å². The number of carbonyl (C=O) groups is 1. The van der Waals surface area contributed by atoms with Crippen LogP contribution in [0.4, 0.5) is 5.69 Å². The molecule has 0 atom stereocenters. The monoisotopic (exact) mass is 464 g/mol. The van der Waals surface area contributed by atoms with E-state index in [-0.39, 0.29) is 11.7 Å². The molecule has 0 bridgehead atoms. The molecule has 4 aromatic rings. The quantitative estimate of drug-likeness (QED) is 0.255. The molecule has 0 fully saturated rings. The third-order valence-electron chi connectivity index (χ3n) is 4.74. The first-order valence-corrected chi connectivity index (χ1v) is 11.4. The number of hydrogen-bond acceptors (Lipinski definition) is 6. The van der Waals surface area contributed by atoms with Crippen molar-refractivity contribution in [2.75, 3.05) is 11.1 Å². The Morgan fingerprint density at radius 1 is 1.09 bits per heavy atom. The number of aromatic nitrogens is 3. The minimum absolute atomic E-state index is 0.123. The molecular weight excluding hydrogens is 444 g/mol. The Bertz CT molecular complexity index is 1220. The highest BCUT2D eigenvalue weighted by Crippen LogP contribution is 2.30. The summed E-state index contributed by atoms with van der Waals surface area (Å²) in [6, 6.07) is 18.8. The van der Waals surface area contributed by atoms with Gasteiger partial charge in [-0.25, -0.2) is 9.97 Å². The molecular formula is C24H21ClN4O2S. The highest BCUT2D eigenvalue weighted by molar-refractivity contribution is 7.99. The molecule has 0 spiro atoms. The predicted molar refractivity (Wildman–Crippen MR) is 128 cm³/mol. The van der Waals surface area contributed by atoms with E-state index in [0.717, 1.165) is 11.3 Å². The highest BCUT2D eigenvalue weighted by atomic mass is 35.5. The van der Waals surface area contributed by atoms with Crippen LogP contribution in [0, 0.1) is 0 Å². The van der Waals surface area contributed by atoms with E-state index >= 15 is 0 Å². The molecule has 0 saturated heterocycles. The molecule has 6 nitrogen and oxygen atoms in total. The van der Waals surface area contributed by atoms with E-state index in [1.807, 2.05) is 42.5 Å². The molecule has 32 heavy (non-hydrogen) atoms. The van der Waals surface area contributed by atoms with Crippen LogP contribution in [-0.2, 0) is 4.79 Å². The van der Waals surface area contributed by atoms with Gasteiger partial charge in [0.05, 0.1) is 10.8 Å². The molecule has 0 aliphatic carbocycles. The van der Waals surface area contributed by atoms with E-state index < -0.39 is 0 Å². The summed E-state index contributed by atoms with van der Waals surface area (Å²) in [5, 5.41) is 8.06. The van der Waals surface area contributed by atoms with Crippen LogP contribution in [0.25, 0.3) is 22.7 Å². The Balaban J connectivity index is 1.39. The summed E-state index contributed by atoms with van der Waals surface area (Å²) in [4.78, 5) is 21.1. The Morgan fingerprint density at radius 3 is 2.62 bits per heavy atom. The smallest absolute Gasteiger partial charge is 0.234 e. The zero-order chi connectivity index (χ0) is 22.5. The van der Waals surface area contributed by atoms with Gasteiger partial charge in [0.15, 0.2) is 10.9 Å². The minimum atomic E-state index is -0.123. The van der Waals surface area contributed by atoms with Crippen molar-refractivity contribution in [1.82, 2.24) is 15.1 Å². The van der Waals surface area contributed by atoms with E-state index in [4.69, 9.17) is 16.1 Å². The Labute approximate surface area is 195 Å². The van der Waals surface area contributed by atoms with Crippen LogP contribution in [-0.4, -0.2) is 26.8 Å². The maximum atomic E-state index is 12.3. The minimum Gasteiger partial charge on any atom is -0.354 e. The summed E-state index contributed by atoms with van der Waals surface area (Å²) in [6.07, 6.45) is 1.63. The second-order valence-corrected chi connectivity index (χ2v) is 8.74. The van der Waals surface area contributed by atoms with Crippen LogP contribution >= 0.6 is 23.4 Å². The lowest BCUT2D eigenvalue weighted by Gasteiger charge is -2.08. The lowest BCUT2D eigenvalue weighted by molar-refractivity contribution is -0.113. The van der Waals surface area contributed by atoms with Gasteiger partial charge in [0.25, 0.3) is 0 Å². The summed E-state index contributed by atoms with van der Waals surface area (Å²) in [5.74, 6) is 1.02. The number of amides is 1. The lowest BCUT2D eigenvalue weighted by Crippen LogP contribution is -2.14. The molecule has 0 aliphatic heterocycles. The molecule has 0 unspecified atom stereocenters. The van der Waals surface area contributed by atoms with E-state index in [0.29, 0.717) is 33.2 Å². The first-order chi connectivity index (χ1) is 15.5. The average molecular weight is 465 g/mol.